The Kier molecular flexibility index (Phi) is 4.44. The third-order valence-corrected chi connectivity index (χ3v) is 6.47. The van der Waals surface area contributed by atoms with Crippen molar-refractivity contribution in [1.29, 1.82) is 5.26 Å². The lowest BCUT2D eigenvalue weighted by atomic mass is 10.1. The average Bonchev–Trinajstić information content (AvgIpc) is 3.05. The Morgan fingerprint density at radius 2 is 2.03 bits per heavy atom. The van der Waals surface area contributed by atoms with E-state index in [1.165, 1.54) is 6.20 Å². The number of anilines is 1. The van der Waals surface area contributed by atoms with Gasteiger partial charge in [-0.15, -0.1) is 0 Å². The number of hydrogen-bond donors (Lipinski definition) is 2. The van der Waals surface area contributed by atoms with Crippen LogP contribution in [0.1, 0.15) is 35.7 Å². The minimum absolute atomic E-state index is 0.0924. The van der Waals surface area contributed by atoms with Crippen LogP contribution >= 0.6 is 0 Å². The summed E-state index contributed by atoms with van der Waals surface area (Å²) in [7, 11) is 0. The number of likely N-dealkylation sites (tertiary alicyclic amines) is 1. The molecule has 0 spiro atoms. The number of primary amides is 1. The van der Waals surface area contributed by atoms with E-state index in [1.807, 2.05) is 25.4 Å². The zero-order chi connectivity index (χ0) is 22.6. The fourth-order valence-electron chi connectivity index (χ4n) is 4.37. The number of nitrogens with zero attached hydrogens (tertiary/aromatic N) is 6. The number of carbonyl (C=O) groups excluding carboxylic acids is 2. The largest absolute Gasteiger partial charge is 0.378 e. The predicted octanol–water partition coefficient (Wildman–Crippen LogP) is 1.49. The molecule has 164 valence electrons. The second kappa shape index (κ2) is 7.09. The Bertz CT molecular complexity index is 1280. The molecule has 10 nitrogen and oxygen atoms in total. The van der Waals surface area contributed by atoms with Gasteiger partial charge >= 0.3 is 0 Å². The van der Waals surface area contributed by atoms with Crippen molar-refractivity contribution in [1.82, 2.24) is 24.3 Å². The van der Waals surface area contributed by atoms with Gasteiger partial charge in [0.25, 0.3) is 5.91 Å². The van der Waals surface area contributed by atoms with Crippen molar-refractivity contribution in [2.75, 3.05) is 18.4 Å². The van der Waals surface area contributed by atoms with Gasteiger partial charge in [-0.2, -0.15) is 15.5 Å². The van der Waals surface area contributed by atoms with Crippen LogP contribution < -0.4 is 11.1 Å². The minimum Gasteiger partial charge on any atom is -0.378 e. The summed E-state index contributed by atoms with van der Waals surface area (Å²) in [5.41, 5.74) is 8.19. The first-order chi connectivity index (χ1) is 15.3. The summed E-state index contributed by atoms with van der Waals surface area (Å²) in [6.07, 6.45) is 8.21. The summed E-state index contributed by atoms with van der Waals surface area (Å²) >= 11 is 0. The van der Waals surface area contributed by atoms with E-state index in [2.05, 4.69) is 28.5 Å². The monoisotopic (exact) mass is 432 g/mol. The van der Waals surface area contributed by atoms with Gasteiger partial charge in [-0.25, -0.2) is 9.20 Å². The van der Waals surface area contributed by atoms with E-state index in [0.29, 0.717) is 37.1 Å². The number of nitrogens with one attached hydrogen (secondary N) is 1. The molecular formula is C22H24N8O2. The molecule has 3 aromatic rings. The summed E-state index contributed by atoms with van der Waals surface area (Å²) in [4.78, 5) is 26.8. The van der Waals surface area contributed by atoms with Crippen LogP contribution in [0.3, 0.4) is 0 Å². The summed E-state index contributed by atoms with van der Waals surface area (Å²) < 4.78 is 3.42. The first kappa shape index (κ1) is 20.1. The highest BCUT2D eigenvalue weighted by molar-refractivity contribution is 6.02. The number of hydrogen-bond acceptors (Lipinski definition) is 6. The lowest BCUT2D eigenvalue weighted by molar-refractivity contribution is -0.134. The van der Waals surface area contributed by atoms with E-state index in [0.717, 1.165) is 11.3 Å². The molecule has 2 aliphatic rings. The normalized spacial score (nSPS) is 21.5. The van der Waals surface area contributed by atoms with Crippen molar-refractivity contribution in [2.24, 2.45) is 17.1 Å². The Labute approximate surface area is 184 Å². The smallest absolute Gasteiger partial charge is 0.252 e. The van der Waals surface area contributed by atoms with Crippen LogP contribution in [0.25, 0.3) is 11.2 Å². The van der Waals surface area contributed by atoms with Crippen LogP contribution in [0.4, 0.5) is 5.69 Å². The molecule has 4 heterocycles. The molecule has 10 heteroatoms. The van der Waals surface area contributed by atoms with Crippen LogP contribution in [0.5, 0.6) is 0 Å². The third kappa shape index (κ3) is 3.17. The average molecular weight is 432 g/mol. The van der Waals surface area contributed by atoms with Gasteiger partial charge in [-0.05, 0) is 37.3 Å². The number of rotatable bonds is 5. The summed E-state index contributed by atoms with van der Waals surface area (Å²) in [6, 6.07) is 3.98. The molecule has 3 aromatic heterocycles. The summed E-state index contributed by atoms with van der Waals surface area (Å²) in [6.45, 7) is 5.03. The fraction of sp³-hybridized carbons (Fsp3) is 0.409. The first-order valence-corrected chi connectivity index (χ1v) is 10.6. The fourth-order valence-corrected chi connectivity index (χ4v) is 4.37. The van der Waals surface area contributed by atoms with Crippen LogP contribution in [0.15, 0.2) is 30.9 Å². The Balaban J connectivity index is 1.48. The van der Waals surface area contributed by atoms with Crippen molar-refractivity contribution in [3.8, 4) is 11.8 Å². The zero-order valence-electron chi connectivity index (χ0n) is 17.9. The van der Waals surface area contributed by atoms with Gasteiger partial charge in [-0.3, -0.25) is 9.59 Å². The Morgan fingerprint density at radius 3 is 2.66 bits per heavy atom. The van der Waals surface area contributed by atoms with E-state index >= 15 is 0 Å². The predicted molar refractivity (Wildman–Crippen MR) is 116 cm³/mol. The van der Waals surface area contributed by atoms with Crippen molar-refractivity contribution in [3.05, 3.63) is 42.0 Å². The van der Waals surface area contributed by atoms with Crippen molar-refractivity contribution in [3.63, 3.8) is 0 Å². The van der Waals surface area contributed by atoms with E-state index < -0.39 is 11.3 Å². The number of aryl methyl sites for hydroxylation is 1. The highest BCUT2D eigenvalue weighted by Crippen LogP contribution is 2.47. The third-order valence-electron chi connectivity index (χ3n) is 6.47. The van der Waals surface area contributed by atoms with Gasteiger partial charge in [0.1, 0.15) is 5.41 Å². The first-order valence-electron chi connectivity index (χ1n) is 10.6. The molecule has 1 saturated heterocycles. The molecule has 1 aliphatic carbocycles. The summed E-state index contributed by atoms with van der Waals surface area (Å²) in [5, 5.41) is 21.5. The maximum Gasteiger partial charge on any atom is 0.252 e. The van der Waals surface area contributed by atoms with Gasteiger partial charge < -0.3 is 16.0 Å². The van der Waals surface area contributed by atoms with E-state index in [4.69, 9.17) is 5.73 Å². The van der Waals surface area contributed by atoms with Crippen molar-refractivity contribution < 1.29 is 9.59 Å². The zero-order valence-corrected chi connectivity index (χ0v) is 17.9. The molecule has 3 N–H and O–H groups in total. The number of amides is 2. The molecule has 1 aliphatic heterocycles. The van der Waals surface area contributed by atoms with E-state index in [1.54, 1.807) is 20.3 Å². The van der Waals surface area contributed by atoms with Crippen LogP contribution in [0.2, 0.25) is 0 Å². The molecule has 1 saturated carbocycles. The maximum atomic E-state index is 12.8. The Hall–Kier alpha value is -3.87. The molecule has 2 fully saturated rings. The molecule has 2 atom stereocenters. The molecule has 0 bridgehead atoms. The van der Waals surface area contributed by atoms with E-state index in [-0.39, 0.29) is 23.4 Å². The van der Waals surface area contributed by atoms with Gasteiger partial charge in [0.05, 0.1) is 47.1 Å². The van der Waals surface area contributed by atoms with Gasteiger partial charge in [0.15, 0.2) is 0 Å². The van der Waals surface area contributed by atoms with Gasteiger partial charge in [0, 0.05) is 25.3 Å². The number of fused-ring (bicyclic) bond motifs is 1. The lowest BCUT2D eigenvalue weighted by Crippen LogP contribution is -2.36. The standard InChI is InChI=1S/C22H24N8O2/c1-13-6-25-29(8-13)15-5-18-19(16(20(24)31)7-26-30(18)10-15)27-17-11-28(9-14(17)2)21(32)22(12-23)3-4-22/h5-8,10,14,17,27H,3-4,9,11H2,1-2H3,(H2,24,31)/t14-,17+/m0/s1. The highest BCUT2D eigenvalue weighted by atomic mass is 16.2. The summed E-state index contributed by atoms with van der Waals surface area (Å²) in [5.74, 6) is -0.545. The molecule has 5 rings (SSSR count). The quantitative estimate of drug-likeness (QED) is 0.627. The number of aromatic nitrogens is 4. The van der Waals surface area contributed by atoms with Gasteiger partial charge in [-0.1, -0.05) is 6.92 Å². The SMILES string of the molecule is Cc1cnn(-c2cc3c(N[C@@H]4CN(C(=O)C5(C#N)CC5)C[C@@H]4C)c(C(N)=O)cnn3c2)c1. The molecule has 2 amide bonds. The molecule has 0 radical (unpaired) electrons. The second-order valence-electron chi connectivity index (χ2n) is 8.92. The number of carbonyl (C=O) groups is 2. The van der Waals surface area contributed by atoms with E-state index in [9.17, 15) is 14.9 Å². The lowest BCUT2D eigenvalue weighted by Gasteiger charge is -2.21. The maximum absolute atomic E-state index is 12.8. The molecule has 0 aromatic carbocycles. The van der Waals surface area contributed by atoms with Crippen LogP contribution in [0, 0.1) is 29.6 Å². The minimum atomic E-state index is -0.838. The van der Waals surface area contributed by atoms with Gasteiger partial charge in [0.2, 0.25) is 5.91 Å². The van der Waals surface area contributed by atoms with Crippen LogP contribution in [-0.2, 0) is 4.79 Å². The topological polar surface area (TPSA) is 134 Å². The highest BCUT2D eigenvalue weighted by Gasteiger charge is 2.54. The molecule has 0 unspecified atom stereocenters. The van der Waals surface area contributed by atoms with Crippen molar-refractivity contribution in [2.45, 2.75) is 32.7 Å². The molecule has 32 heavy (non-hydrogen) atoms. The van der Waals surface area contributed by atoms with Crippen molar-refractivity contribution >= 4 is 23.0 Å². The second-order valence-corrected chi connectivity index (χ2v) is 8.92. The Morgan fingerprint density at radius 1 is 1.25 bits per heavy atom. The molecular weight excluding hydrogens is 408 g/mol. The van der Waals surface area contributed by atoms with Crippen LogP contribution in [-0.4, -0.2) is 55.2 Å². The number of nitrogens with two attached hydrogens (primary N) is 1. The number of nitriles is 1.